The highest BCUT2D eigenvalue weighted by Crippen LogP contribution is 2.31. The molecule has 0 fully saturated rings. The third kappa shape index (κ3) is 6.59. The number of rotatable bonds is 8. The van der Waals surface area contributed by atoms with Gasteiger partial charge in [-0.15, -0.1) is 0 Å². The molecule has 0 aliphatic rings. The minimum Gasteiger partial charge on any atom is -0.493 e. The summed E-state index contributed by atoms with van der Waals surface area (Å²) in [7, 11) is 4.77. The van der Waals surface area contributed by atoms with Gasteiger partial charge in [0.15, 0.2) is 16.6 Å². The van der Waals surface area contributed by atoms with Crippen molar-refractivity contribution in [3.8, 4) is 11.5 Å². The zero-order valence-corrected chi connectivity index (χ0v) is 15.3. The Morgan fingerprint density at radius 2 is 1.96 bits per heavy atom. The predicted octanol–water partition coefficient (Wildman–Crippen LogP) is 1.17. The molecule has 134 valence electrons. The maximum absolute atomic E-state index is 11.9. The van der Waals surface area contributed by atoms with Gasteiger partial charge in [-0.3, -0.25) is 15.6 Å². The van der Waals surface area contributed by atoms with E-state index in [0.717, 1.165) is 5.56 Å². The standard InChI is InChI=1S/C16H25N3O4S/c1-11(10-21-2)17-16(24)19-18-14(20)9-8-12-6-5-7-13(22-3)15(12)23-4/h5-7,11H,8-10H2,1-4H3,(H,18,20)(H2,17,19,24)/t11-/m0/s1. The Morgan fingerprint density at radius 1 is 1.21 bits per heavy atom. The molecule has 1 amide bonds. The van der Waals surface area contributed by atoms with Crippen molar-refractivity contribution in [2.24, 2.45) is 0 Å². The van der Waals surface area contributed by atoms with Gasteiger partial charge in [-0.2, -0.15) is 0 Å². The molecular weight excluding hydrogens is 330 g/mol. The second kappa shape index (κ2) is 10.7. The van der Waals surface area contributed by atoms with Crippen LogP contribution in [0.15, 0.2) is 18.2 Å². The SMILES string of the molecule is COC[C@H](C)NC(=S)NNC(=O)CCc1cccc(OC)c1OC. The molecule has 0 aliphatic carbocycles. The Hall–Kier alpha value is -2.06. The minimum absolute atomic E-state index is 0.0490. The van der Waals surface area contributed by atoms with Crippen LogP contribution in [-0.2, 0) is 16.0 Å². The van der Waals surface area contributed by atoms with E-state index in [9.17, 15) is 4.79 Å². The van der Waals surface area contributed by atoms with Crippen LogP contribution in [0.5, 0.6) is 11.5 Å². The van der Waals surface area contributed by atoms with Crippen molar-refractivity contribution < 1.29 is 19.0 Å². The Balaban J connectivity index is 2.43. The average Bonchev–Trinajstić information content (AvgIpc) is 2.57. The number of carbonyl (C=O) groups excluding carboxylic acids is 1. The molecule has 0 aliphatic heterocycles. The molecule has 0 bridgehead atoms. The summed E-state index contributed by atoms with van der Waals surface area (Å²) >= 11 is 5.08. The number of aryl methyl sites for hydroxylation is 1. The topological polar surface area (TPSA) is 80.9 Å². The lowest BCUT2D eigenvalue weighted by atomic mass is 10.1. The maximum atomic E-state index is 11.9. The van der Waals surface area contributed by atoms with Crippen molar-refractivity contribution in [2.45, 2.75) is 25.8 Å². The molecule has 1 atom stereocenters. The van der Waals surface area contributed by atoms with Gasteiger partial charge in [-0.1, -0.05) is 12.1 Å². The number of para-hydroxylation sites is 1. The number of amides is 1. The molecule has 1 rings (SSSR count). The first-order valence-corrected chi connectivity index (χ1v) is 7.96. The summed E-state index contributed by atoms with van der Waals surface area (Å²) in [4.78, 5) is 11.9. The van der Waals surface area contributed by atoms with Crippen molar-refractivity contribution in [2.75, 3.05) is 27.9 Å². The highest BCUT2D eigenvalue weighted by Gasteiger charge is 2.11. The zero-order valence-electron chi connectivity index (χ0n) is 14.5. The van der Waals surface area contributed by atoms with Crippen LogP contribution < -0.4 is 25.6 Å². The number of hydrogen-bond donors (Lipinski definition) is 3. The smallest absolute Gasteiger partial charge is 0.238 e. The molecule has 0 spiro atoms. The van der Waals surface area contributed by atoms with Gasteiger partial charge in [0.25, 0.3) is 0 Å². The summed E-state index contributed by atoms with van der Waals surface area (Å²) in [5.74, 6) is 1.11. The van der Waals surface area contributed by atoms with Crippen LogP contribution in [0.2, 0.25) is 0 Å². The summed E-state index contributed by atoms with van der Waals surface area (Å²) in [5.41, 5.74) is 6.13. The maximum Gasteiger partial charge on any atom is 0.238 e. The van der Waals surface area contributed by atoms with E-state index in [2.05, 4.69) is 16.2 Å². The fourth-order valence-corrected chi connectivity index (χ4v) is 2.39. The molecule has 3 N–H and O–H groups in total. The lowest BCUT2D eigenvalue weighted by Crippen LogP contribution is -2.50. The first-order valence-electron chi connectivity index (χ1n) is 7.56. The quantitative estimate of drug-likeness (QED) is 0.477. The molecule has 0 saturated carbocycles. The monoisotopic (exact) mass is 355 g/mol. The molecule has 1 aromatic carbocycles. The van der Waals surface area contributed by atoms with E-state index in [0.29, 0.717) is 29.6 Å². The number of methoxy groups -OCH3 is 3. The van der Waals surface area contributed by atoms with E-state index in [1.165, 1.54) is 0 Å². The van der Waals surface area contributed by atoms with Gasteiger partial charge in [0.2, 0.25) is 5.91 Å². The minimum atomic E-state index is -0.177. The Morgan fingerprint density at radius 3 is 2.58 bits per heavy atom. The van der Waals surface area contributed by atoms with E-state index in [-0.39, 0.29) is 18.4 Å². The summed E-state index contributed by atoms with van der Waals surface area (Å²) in [5, 5.41) is 3.33. The second-order valence-corrected chi connectivity index (χ2v) is 5.56. The van der Waals surface area contributed by atoms with E-state index in [4.69, 9.17) is 26.4 Å². The first-order chi connectivity index (χ1) is 11.5. The molecular formula is C16H25N3O4S. The molecule has 0 radical (unpaired) electrons. The Bertz CT molecular complexity index is 554. The van der Waals surface area contributed by atoms with Crippen molar-refractivity contribution >= 4 is 23.2 Å². The molecule has 8 heteroatoms. The van der Waals surface area contributed by atoms with Gasteiger partial charge in [-0.25, -0.2) is 0 Å². The van der Waals surface area contributed by atoms with Crippen LogP contribution >= 0.6 is 12.2 Å². The van der Waals surface area contributed by atoms with Gasteiger partial charge in [-0.05, 0) is 37.2 Å². The summed E-state index contributed by atoms with van der Waals surface area (Å²) in [6.45, 7) is 2.44. The van der Waals surface area contributed by atoms with Crippen LogP contribution in [0.25, 0.3) is 0 Å². The predicted molar refractivity (Wildman–Crippen MR) is 96.2 cm³/mol. The van der Waals surface area contributed by atoms with Gasteiger partial charge in [0, 0.05) is 19.6 Å². The summed E-state index contributed by atoms with van der Waals surface area (Å²) in [6, 6.07) is 5.63. The third-order valence-electron chi connectivity index (χ3n) is 3.22. The van der Waals surface area contributed by atoms with Gasteiger partial charge in [0.1, 0.15) is 0 Å². The first kappa shape index (κ1) is 20.0. The molecule has 7 nitrogen and oxygen atoms in total. The highest BCUT2D eigenvalue weighted by molar-refractivity contribution is 7.80. The van der Waals surface area contributed by atoms with Crippen molar-refractivity contribution in [3.05, 3.63) is 23.8 Å². The number of hydrazine groups is 1. The van der Waals surface area contributed by atoms with E-state index in [1.807, 2.05) is 25.1 Å². The number of carbonyl (C=O) groups is 1. The van der Waals surface area contributed by atoms with Crippen molar-refractivity contribution in [1.82, 2.24) is 16.2 Å². The molecule has 0 unspecified atom stereocenters. The van der Waals surface area contributed by atoms with Gasteiger partial charge in [0.05, 0.1) is 20.8 Å². The average molecular weight is 355 g/mol. The molecule has 1 aromatic rings. The van der Waals surface area contributed by atoms with Crippen LogP contribution in [0.3, 0.4) is 0 Å². The lowest BCUT2D eigenvalue weighted by Gasteiger charge is -2.16. The number of ether oxygens (including phenoxy) is 3. The van der Waals surface area contributed by atoms with Crippen LogP contribution in [0.1, 0.15) is 18.9 Å². The largest absolute Gasteiger partial charge is 0.493 e. The normalized spacial score (nSPS) is 11.3. The number of nitrogens with one attached hydrogen (secondary N) is 3. The second-order valence-electron chi connectivity index (χ2n) is 5.16. The molecule has 0 heterocycles. The summed E-state index contributed by atoms with van der Waals surface area (Å²) in [6.07, 6.45) is 0.806. The molecule has 0 saturated heterocycles. The molecule has 24 heavy (non-hydrogen) atoms. The number of benzene rings is 1. The van der Waals surface area contributed by atoms with E-state index < -0.39 is 0 Å². The van der Waals surface area contributed by atoms with Crippen molar-refractivity contribution in [3.63, 3.8) is 0 Å². The highest BCUT2D eigenvalue weighted by atomic mass is 32.1. The lowest BCUT2D eigenvalue weighted by molar-refractivity contribution is -0.121. The van der Waals surface area contributed by atoms with Crippen LogP contribution in [-0.4, -0.2) is 45.0 Å². The fourth-order valence-electron chi connectivity index (χ4n) is 2.14. The summed E-state index contributed by atoms with van der Waals surface area (Å²) < 4.78 is 15.6. The Kier molecular flexibility index (Phi) is 8.88. The zero-order chi connectivity index (χ0) is 17.9. The Labute approximate surface area is 148 Å². The van der Waals surface area contributed by atoms with E-state index >= 15 is 0 Å². The molecule has 0 aromatic heterocycles. The van der Waals surface area contributed by atoms with E-state index in [1.54, 1.807) is 21.3 Å². The number of thiocarbonyl (C=S) groups is 1. The van der Waals surface area contributed by atoms with Gasteiger partial charge < -0.3 is 19.5 Å². The van der Waals surface area contributed by atoms with Crippen LogP contribution in [0.4, 0.5) is 0 Å². The fraction of sp³-hybridized carbons (Fsp3) is 0.500. The third-order valence-corrected chi connectivity index (χ3v) is 3.44. The van der Waals surface area contributed by atoms with Crippen LogP contribution in [0, 0.1) is 0 Å². The van der Waals surface area contributed by atoms with Crippen molar-refractivity contribution in [1.29, 1.82) is 0 Å². The number of hydrogen-bond acceptors (Lipinski definition) is 5. The van der Waals surface area contributed by atoms with Gasteiger partial charge >= 0.3 is 0 Å².